The van der Waals surface area contributed by atoms with E-state index >= 15 is 0 Å². The second kappa shape index (κ2) is 5.24. The summed E-state index contributed by atoms with van der Waals surface area (Å²) in [6.07, 6.45) is 1.60. The van der Waals surface area contributed by atoms with Crippen LogP contribution in [-0.4, -0.2) is 4.92 Å². The van der Waals surface area contributed by atoms with Crippen LogP contribution in [0.1, 0.15) is 5.56 Å². The summed E-state index contributed by atoms with van der Waals surface area (Å²) in [7, 11) is 0. The minimum absolute atomic E-state index is 0.270. The Labute approximate surface area is 119 Å². The maximum atomic E-state index is 13.1. The van der Waals surface area contributed by atoms with E-state index in [-0.39, 0.29) is 11.4 Å². The number of furan rings is 1. The molecule has 0 unspecified atom stereocenters. The van der Waals surface area contributed by atoms with Crippen molar-refractivity contribution < 1.29 is 13.7 Å². The number of hydrogen-bond donors (Lipinski definition) is 1. The second-order valence-corrected chi connectivity index (χ2v) is 4.53. The van der Waals surface area contributed by atoms with Crippen molar-refractivity contribution in [3.8, 4) is 0 Å². The number of nitrogens with zero attached hydrogens (tertiary/aromatic N) is 1. The van der Waals surface area contributed by atoms with Crippen LogP contribution < -0.4 is 5.32 Å². The van der Waals surface area contributed by atoms with E-state index in [0.717, 1.165) is 22.6 Å². The molecule has 0 saturated heterocycles. The molecule has 0 amide bonds. The van der Waals surface area contributed by atoms with Gasteiger partial charge in [0, 0.05) is 17.5 Å². The number of nitro benzene ring substituents is 1. The summed E-state index contributed by atoms with van der Waals surface area (Å²) in [6.45, 7) is 0.351. The first-order chi connectivity index (χ1) is 10.1. The molecule has 0 aliphatic rings. The minimum Gasteiger partial charge on any atom is -0.464 e. The Kier molecular flexibility index (Phi) is 3.27. The maximum Gasteiger partial charge on any atom is 0.295 e. The molecule has 1 aromatic heterocycles. The van der Waals surface area contributed by atoms with Crippen molar-refractivity contribution in [3.63, 3.8) is 0 Å². The number of halogens is 1. The van der Waals surface area contributed by atoms with Gasteiger partial charge in [0.2, 0.25) is 0 Å². The lowest BCUT2D eigenvalue weighted by molar-refractivity contribution is -0.384. The average molecular weight is 286 g/mol. The van der Waals surface area contributed by atoms with Gasteiger partial charge in [-0.05, 0) is 18.2 Å². The average Bonchev–Trinajstić information content (AvgIpc) is 2.89. The largest absolute Gasteiger partial charge is 0.464 e. The van der Waals surface area contributed by atoms with Crippen LogP contribution in [0.3, 0.4) is 0 Å². The van der Waals surface area contributed by atoms with Crippen LogP contribution >= 0.6 is 0 Å². The first-order valence-electron chi connectivity index (χ1n) is 6.28. The number of nitrogens with one attached hydrogen (secondary N) is 1. The fraction of sp³-hybridized carbons (Fsp3) is 0.0667. The van der Waals surface area contributed by atoms with Gasteiger partial charge in [-0.3, -0.25) is 10.1 Å². The van der Waals surface area contributed by atoms with E-state index in [9.17, 15) is 14.5 Å². The third kappa shape index (κ3) is 2.55. The summed E-state index contributed by atoms with van der Waals surface area (Å²) in [5.74, 6) is -0.638. The first kappa shape index (κ1) is 13.1. The molecular weight excluding hydrogens is 275 g/mol. The minimum atomic E-state index is -0.638. The number of hydrogen-bond acceptors (Lipinski definition) is 4. The summed E-state index contributed by atoms with van der Waals surface area (Å²) in [6, 6.07) is 11.0. The summed E-state index contributed by atoms with van der Waals surface area (Å²) >= 11 is 0. The SMILES string of the molecule is O=[N+]([O-])c1cc(F)ccc1NCc1coc2ccccc12. The summed E-state index contributed by atoms with van der Waals surface area (Å²) in [4.78, 5) is 10.3. The zero-order valence-corrected chi connectivity index (χ0v) is 10.9. The number of benzene rings is 2. The van der Waals surface area contributed by atoms with E-state index in [4.69, 9.17) is 4.42 Å². The third-order valence-corrected chi connectivity index (χ3v) is 3.19. The van der Waals surface area contributed by atoms with Crippen molar-refractivity contribution in [2.45, 2.75) is 6.54 Å². The van der Waals surface area contributed by atoms with Crippen LogP contribution in [-0.2, 0) is 6.54 Å². The predicted octanol–water partition coefficient (Wildman–Crippen LogP) is 4.09. The lowest BCUT2D eigenvalue weighted by Gasteiger charge is -2.06. The van der Waals surface area contributed by atoms with E-state index in [1.54, 1.807) is 6.26 Å². The highest BCUT2D eigenvalue weighted by Crippen LogP contribution is 2.27. The van der Waals surface area contributed by atoms with Crippen LogP contribution in [0.25, 0.3) is 11.0 Å². The standard InChI is InChI=1S/C15H11FN2O3/c16-11-5-6-13(14(7-11)18(19)20)17-8-10-9-21-15-4-2-1-3-12(10)15/h1-7,9,17H,8H2. The Bertz CT molecular complexity index is 814. The molecule has 21 heavy (non-hydrogen) atoms. The zero-order chi connectivity index (χ0) is 14.8. The van der Waals surface area contributed by atoms with Gasteiger partial charge in [0.25, 0.3) is 5.69 Å². The van der Waals surface area contributed by atoms with Gasteiger partial charge >= 0.3 is 0 Å². The summed E-state index contributed by atoms with van der Waals surface area (Å²) in [5.41, 5.74) is 1.61. The molecule has 3 aromatic rings. The summed E-state index contributed by atoms with van der Waals surface area (Å²) < 4.78 is 18.5. The Morgan fingerprint density at radius 3 is 2.86 bits per heavy atom. The van der Waals surface area contributed by atoms with E-state index in [2.05, 4.69) is 5.32 Å². The highest BCUT2D eigenvalue weighted by molar-refractivity contribution is 5.81. The molecule has 0 spiro atoms. The molecule has 0 radical (unpaired) electrons. The lowest BCUT2D eigenvalue weighted by Crippen LogP contribution is -2.02. The van der Waals surface area contributed by atoms with Crippen molar-refractivity contribution in [1.29, 1.82) is 0 Å². The summed E-state index contributed by atoms with van der Waals surface area (Å²) in [5, 5.41) is 14.8. The Balaban J connectivity index is 1.87. The highest BCUT2D eigenvalue weighted by atomic mass is 19.1. The number of nitro groups is 1. The van der Waals surface area contributed by atoms with E-state index in [1.165, 1.54) is 12.1 Å². The van der Waals surface area contributed by atoms with Crippen molar-refractivity contribution >= 4 is 22.3 Å². The van der Waals surface area contributed by atoms with E-state index in [1.807, 2.05) is 24.3 Å². The van der Waals surface area contributed by atoms with Crippen LogP contribution in [0, 0.1) is 15.9 Å². The topological polar surface area (TPSA) is 68.3 Å². The quantitative estimate of drug-likeness (QED) is 0.579. The third-order valence-electron chi connectivity index (χ3n) is 3.19. The molecule has 0 atom stereocenters. The normalized spacial score (nSPS) is 10.7. The molecule has 1 N–H and O–H groups in total. The van der Waals surface area contributed by atoms with Crippen LogP contribution in [0.4, 0.5) is 15.8 Å². The first-order valence-corrected chi connectivity index (χ1v) is 6.28. The van der Waals surface area contributed by atoms with Gasteiger partial charge in [-0.15, -0.1) is 0 Å². The van der Waals surface area contributed by atoms with E-state index < -0.39 is 10.7 Å². The predicted molar refractivity (Wildman–Crippen MR) is 76.6 cm³/mol. The van der Waals surface area contributed by atoms with Gasteiger partial charge < -0.3 is 9.73 Å². The molecule has 5 nitrogen and oxygen atoms in total. The van der Waals surface area contributed by atoms with Crippen LogP contribution in [0.5, 0.6) is 0 Å². The molecule has 0 fully saturated rings. The molecule has 0 aliphatic heterocycles. The van der Waals surface area contributed by atoms with Gasteiger partial charge in [0.15, 0.2) is 0 Å². The Morgan fingerprint density at radius 2 is 2.05 bits per heavy atom. The number of fused-ring (bicyclic) bond motifs is 1. The fourth-order valence-corrected chi connectivity index (χ4v) is 2.17. The van der Waals surface area contributed by atoms with Gasteiger partial charge in [0.1, 0.15) is 17.1 Å². The monoisotopic (exact) mass is 286 g/mol. The van der Waals surface area contributed by atoms with Gasteiger partial charge in [-0.25, -0.2) is 4.39 Å². The van der Waals surface area contributed by atoms with Crippen LogP contribution in [0.2, 0.25) is 0 Å². The van der Waals surface area contributed by atoms with Crippen molar-refractivity contribution in [2.75, 3.05) is 5.32 Å². The van der Waals surface area contributed by atoms with E-state index in [0.29, 0.717) is 6.54 Å². The second-order valence-electron chi connectivity index (χ2n) is 4.53. The Morgan fingerprint density at radius 1 is 1.24 bits per heavy atom. The molecule has 2 aromatic carbocycles. The number of rotatable bonds is 4. The van der Waals surface area contributed by atoms with Gasteiger partial charge in [-0.2, -0.15) is 0 Å². The molecule has 0 saturated carbocycles. The number of para-hydroxylation sites is 1. The van der Waals surface area contributed by atoms with Crippen molar-refractivity contribution in [3.05, 3.63) is 70.2 Å². The molecule has 1 heterocycles. The Hall–Kier alpha value is -2.89. The fourth-order valence-electron chi connectivity index (χ4n) is 2.17. The van der Waals surface area contributed by atoms with Crippen molar-refractivity contribution in [2.24, 2.45) is 0 Å². The maximum absolute atomic E-state index is 13.1. The zero-order valence-electron chi connectivity index (χ0n) is 10.9. The highest BCUT2D eigenvalue weighted by Gasteiger charge is 2.15. The smallest absolute Gasteiger partial charge is 0.295 e. The van der Waals surface area contributed by atoms with Crippen molar-refractivity contribution in [1.82, 2.24) is 0 Å². The van der Waals surface area contributed by atoms with Gasteiger partial charge in [0.05, 0.1) is 17.3 Å². The molecular formula is C15H11FN2O3. The molecule has 0 bridgehead atoms. The molecule has 3 rings (SSSR count). The molecule has 0 aliphatic carbocycles. The molecule has 6 heteroatoms. The van der Waals surface area contributed by atoms with Gasteiger partial charge in [-0.1, -0.05) is 18.2 Å². The molecule has 106 valence electrons. The number of anilines is 1. The van der Waals surface area contributed by atoms with Crippen LogP contribution in [0.15, 0.2) is 53.1 Å². The lowest BCUT2D eigenvalue weighted by atomic mass is 10.1.